The van der Waals surface area contributed by atoms with Crippen LogP contribution < -0.4 is 5.32 Å². The molecule has 29 heavy (non-hydrogen) atoms. The molecule has 4 rings (SSSR count). The fourth-order valence-electron chi connectivity index (χ4n) is 3.27. The summed E-state index contributed by atoms with van der Waals surface area (Å²) in [6.45, 7) is 8.54. The molecule has 0 aliphatic heterocycles. The molecule has 4 heteroatoms. The van der Waals surface area contributed by atoms with E-state index in [1.807, 2.05) is 65.3 Å². The van der Waals surface area contributed by atoms with Gasteiger partial charge in [-0.3, -0.25) is 4.79 Å². The molecule has 2 heterocycles. The molecule has 0 spiro atoms. The van der Waals surface area contributed by atoms with Crippen molar-refractivity contribution in [1.82, 2.24) is 9.38 Å². The molecule has 0 radical (unpaired) electrons. The molecule has 2 aromatic carbocycles. The number of anilines is 1. The normalized spacial score (nSPS) is 11.6. The number of hydrogen-bond acceptors (Lipinski definition) is 2. The lowest BCUT2D eigenvalue weighted by Crippen LogP contribution is -2.14. The summed E-state index contributed by atoms with van der Waals surface area (Å²) in [5.74, 6) is -0.110. The van der Waals surface area contributed by atoms with E-state index in [2.05, 4.69) is 50.1 Å². The molecule has 0 atom stereocenters. The van der Waals surface area contributed by atoms with Crippen LogP contribution in [0.5, 0.6) is 0 Å². The van der Waals surface area contributed by atoms with Gasteiger partial charge in [0.1, 0.15) is 5.65 Å². The highest BCUT2D eigenvalue weighted by Crippen LogP contribution is 2.24. The van der Waals surface area contributed by atoms with Crippen molar-refractivity contribution in [3.63, 3.8) is 0 Å². The number of benzene rings is 2. The summed E-state index contributed by atoms with van der Waals surface area (Å²) in [6.07, 6.45) is 4.03. The summed E-state index contributed by atoms with van der Waals surface area (Å²) >= 11 is 0. The lowest BCUT2D eigenvalue weighted by molar-refractivity contribution is 0.102. The zero-order chi connectivity index (χ0) is 20.6. The van der Waals surface area contributed by atoms with E-state index in [9.17, 15) is 4.79 Å². The molecule has 146 valence electrons. The SMILES string of the molecule is Cc1ccn2cc(-c3ccc(NC(=O)c4ccc(C(C)(C)C)cc4)cc3)nc2c1. The predicted molar refractivity (Wildman–Crippen MR) is 118 cm³/mol. The summed E-state index contributed by atoms with van der Waals surface area (Å²) in [5.41, 5.74) is 6.73. The first-order valence-corrected chi connectivity index (χ1v) is 9.77. The first-order chi connectivity index (χ1) is 13.8. The number of nitrogens with one attached hydrogen (secondary N) is 1. The molecule has 1 N–H and O–H groups in total. The van der Waals surface area contributed by atoms with E-state index in [0.29, 0.717) is 5.56 Å². The zero-order valence-corrected chi connectivity index (χ0v) is 17.2. The monoisotopic (exact) mass is 383 g/mol. The third kappa shape index (κ3) is 4.06. The minimum absolute atomic E-state index is 0.0709. The second-order valence-electron chi connectivity index (χ2n) is 8.45. The van der Waals surface area contributed by atoms with Gasteiger partial charge in [-0.2, -0.15) is 0 Å². The van der Waals surface area contributed by atoms with Gasteiger partial charge in [0.15, 0.2) is 0 Å². The molecule has 2 aromatic heterocycles. The number of imidazole rings is 1. The Labute approximate surface area is 171 Å². The fourth-order valence-corrected chi connectivity index (χ4v) is 3.27. The van der Waals surface area contributed by atoms with E-state index >= 15 is 0 Å². The number of carbonyl (C=O) groups excluding carboxylic acids is 1. The maximum Gasteiger partial charge on any atom is 0.255 e. The number of aryl methyl sites for hydroxylation is 1. The van der Waals surface area contributed by atoms with Crippen LogP contribution in [0.4, 0.5) is 5.69 Å². The van der Waals surface area contributed by atoms with E-state index < -0.39 is 0 Å². The molecule has 0 saturated carbocycles. The van der Waals surface area contributed by atoms with Crippen LogP contribution in [0.1, 0.15) is 42.3 Å². The molecule has 0 aliphatic carbocycles. The number of aromatic nitrogens is 2. The van der Waals surface area contributed by atoms with Crippen LogP contribution in [-0.2, 0) is 5.41 Å². The highest BCUT2D eigenvalue weighted by atomic mass is 16.1. The van der Waals surface area contributed by atoms with Crippen molar-refractivity contribution < 1.29 is 4.79 Å². The van der Waals surface area contributed by atoms with Crippen molar-refractivity contribution in [3.05, 3.63) is 89.7 Å². The lowest BCUT2D eigenvalue weighted by atomic mass is 9.87. The minimum Gasteiger partial charge on any atom is -0.322 e. The van der Waals surface area contributed by atoms with Crippen LogP contribution in [-0.4, -0.2) is 15.3 Å². The van der Waals surface area contributed by atoms with Crippen molar-refractivity contribution >= 4 is 17.2 Å². The Bertz CT molecular complexity index is 1160. The van der Waals surface area contributed by atoms with E-state index in [-0.39, 0.29) is 11.3 Å². The summed E-state index contributed by atoms with van der Waals surface area (Å²) in [4.78, 5) is 17.2. The zero-order valence-electron chi connectivity index (χ0n) is 17.2. The Kier molecular flexibility index (Phi) is 4.71. The Morgan fingerprint density at radius 3 is 2.31 bits per heavy atom. The van der Waals surface area contributed by atoms with Crippen molar-refractivity contribution in [2.45, 2.75) is 33.1 Å². The Balaban J connectivity index is 1.49. The van der Waals surface area contributed by atoms with Gasteiger partial charge in [0, 0.05) is 29.2 Å². The summed E-state index contributed by atoms with van der Waals surface area (Å²) in [7, 11) is 0. The average Bonchev–Trinajstić information content (AvgIpc) is 3.11. The van der Waals surface area contributed by atoms with Crippen LogP contribution >= 0.6 is 0 Å². The molecule has 0 unspecified atom stereocenters. The van der Waals surface area contributed by atoms with Crippen molar-refractivity contribution in [3.8, 4) is 11.3 Å². The molecular formula is C25H25N3O. The molecule has 4 aromatic rings. The molecule has 0 fully saturated rings. The standard InChI is InChI=1S/C25H25N3O/c1-17-13-14-28-16-22(27-23(28)15-17)18-7-11-21(12-8-18)26-24(29)19-5-9-20(10-6-19)25(2,3)4/h5-16H,1-4H3,(H,26,29). The first kappa shape index (κ1) is 18.9. The van der Waals surface area contributed by atoms with E-state index in [4.69, 9.17) is 0 Å². The fraction of sp³-hybridized carbons (Fsp3) is 0.200. The number of fused-ring (bicyclic) bond motifs is 1. The quantitative estimate of drug-likeness (QED) is 0.482. The maximum absolute atomic E-state index is 12.6. The molecular weight excluding hydrogens is 358 g/mol. The average molecular weight is 383 g/mol. The summed E-state index contributed by atoms with van der Waals surface area (Å²) in [6, 6.07) is 19.7. The summed E-state index contributed by atoms with van der Waals surface area (Å²) < 4.78 is 2.01. The van der Waals surface area contributed by atoms with Gasteiger partial charge in [-0.15, -0.1) is 0 Å². The number of amides is 1. The van der Waals surface area contributed by atoms with Crippen molar-refractivity contribution in [2.24, 2.45) is 0 Å². The third-order valence-corrected chi connectivity index (χ3v) is 5.07. The number of rotatable bonds is 3. The van der Waals surface area contributed by atoms with Gasteiger partial charge >= 0.3 is 0 Å². The maximum atomic E-state index is 12.6. The summed E-state index contributed by atoms with van der Waals surface area (Å²) in [5, 5.41) is 2.96. The Hall–Kier alpha value is -3.40. The third-order valence-electron chi connectivity index (χ3n) is 5.07. The van der Waals surface area contributed by atoms with Gasteiger partial charge < -0.3 is 9.72 Å². The predicted octanol–water partition coefficient (Wildman–Crippen LogP) is 5.86. The second kappa shape index (κ2) is 7.21. The number of pyridine rings is 1. The highest BCUT2D eigenvalue weighted by Gasteiger charge is 2.14. The van der Waals surface area contributed by atoms with Crippen LogP contribution in [0.2, 0.25) is 0 Å². The lowest BCUT2D eigenvalue weighted by Gasteiger charge is -2.19. The first-order valence-electron chi connectivity index (χ1n) is 9.77. The highest BCUT2D eigenvalue weighted by molar-refractivity contribution is 6.04. The van der Waals surface area contributed by atoms with E-state index in [1.165, 1.54) is 11.1 Å². The molecule has 4 nitrogen and oxygen atoms in total. The molecule has 0 aliphatic rings. The van der Waals surface area contributed by atoms with Crippen LogP contribution in [0, 0.1) is 6.92 Å². The van der Waals surface area contributed by atoms with Gasteiger partial charge in [-0.1, -0.05) is 45.0 Å². The smallest absolute Gasteiger partial charge is 0.255 e. The van der Waals surface area contributed by atoms with Crippen LogP contribution in [0.25, 0.3) is 16.9 Å². The van der Waals surface area contributed by atoms with Crippen LogP contribution in [0.15, 0.2) is 73.1 Å². The Morgan fingerprint density at radius 2 is 1.66 bits per heavy atom. The molecule has 0 bridgehead atoms. The van der Waals surface area contributed by atoms with E-state index in [1.54, 1.807) is 0 Å². The van der Waals surface area contributed by atoms with Crippen molar-refractivity contribution in [2.75, 3.05) is 5.32 Å². The number of nitrogens with zero attached hydrogens (tertiary/aromatic N) is 2. The van der Waals surface area contributed by atoms with Crippen LogP contribution in [0.3, 0.4) is 0 Å². The Morgan fingerprint density at radius 1 is 0.966 bits per heavy atom. The van der Waals surface area contributed by atoms with Gasteiger partial charge in [0.2, 0.25) is 0 Å². The van der Waals surface area contributed by atoms with Crippen molar-refractivity contribution in [1.29, 1.82) is 0 Å². The largest absolute Gasteiger partial charge is 0.322 e. The number of carbonyl (C=O) groups is 1. The molecule has 0 saturated heterocycles. The second-order valence-corrected chi connectivity index (χ2v) is 8.45. The topological polar surface area (TPSA) is 46.4 Å². The minimum atomic E-state index is -0.110. The van der Waals surface area contributed by atoms with Gasteiger partial charge in [0.25, 0.3) is 5.91 Å². The van der Waals surface area contributed by atoms with Gasteiger partial charge in [0.05, 0.1) is 5.69 Å². The number of hydrogen-bond donors (Lipinski definition) is 1. The van der Waals surface area contributed by atoms with Gasteiger partial charge in [-0.05, 0) is 59.9 Å². The van der Waals surface area contributed by atoms with E-state index in [0.717, 1.165) is 22.6 Å². The van der Waals surface area contributed by atoms with Gasteiger partial charge in [-0.25, -0.2) is 4.98 Å². The molecule has 1 amide bonds.